The summed E-state index contributed by atoms with van der Waals surface area (Å²) >= 11 is -2.35. The van der Waals surface area contributed by atoms with Gasteiger partial charge in [-0.1, -0.05) is 0 Å². The summed E-state index contributed by atoms with van der Waals surface area (Å²) in [5, 5.41) is 0.105. The standard InChI is InChI=1S/C14H13N3O3S/c1-9-5-11(7-16(2)14(9)18)10-3-4-12-15-6-13(21(19)20)17(12)8-10/h3-8H,1-2H3,(H,19,20)/p-1. The van der Waals surface area contributed by atoms with Gasteiger partial charge in [-0.2, -0.15) is 0 Å². The van der Waals surface area contributed by atoms with Crippen molar-refractivity contribution in [3.8, 4) is 11.1 Å². The fraction of sp³-hybridized carbons (Fsp3) is 0.143. The summed E-state index contributed by atoms with van der Waals surface area (Å²) in [4.78, 5) is 15.8. The Morgan fingerprint density at radius 2 is 2.00 bits per heavy atom. The predicted octanol–water partition coefficient (Wildman–Crippen LogP) is 1.25. The first-order chi connectivity index (χ1) is 9.97. The predicted molar refractivity (Wildman–Crippen MR) is 77.8 cm³/mol. The van der Waals surface area contributed by atoms with E-state index in [4.69, 9.17) is 0 Å². The zero-order chi connectivity index (χ0) is 15.1. The molecule has 0 aromatic carbocycles. The first-order valence-electron chi connectivity index (χ1n) is 6.21. The molecule has 0 fully saturated rings. The summed E-state index contributed by atoms with van der Waals surface area (Å²) in [7, 11) is 1.69. The molecule has 0 aliphatic heterocycles. The van der Waals surface area contributed by atoms with Crippen LogP contribution in [0.15, 0.2) is 46.6 Å². The van der Waals surface area contributed by atoms with E-state index in [9.17, 15) is 13.6 Å². The highest BCUT2D eigenvalue weighted by molar-refractivity contribution is 7.79. The molecule has 7 heteroatoms. The highest BCUT2D eigenvalue weighted by Gasteiger charge is 2.07. The molecule has 0 saturated carbocycles. The molecule has 0 aliphatic carbocycles. The maximum Gasteiger partial charge on any atom is 0.253 e. The van der Waals surface area contributed by atoms with Gasteiger partial charge in [-0.25, -0.2) is 4.98 Å². The molecule has 3 aromatic heterocycles. The Kier molecular flexibility index (Phi) is 3.23. The van der Waals surface area contributed by atoms with Crippen molar-refractivity contribution >= 4 is 16.7 Å². The molecule has 0 amide bonds. The second-order valence-corrected chi connectivity index (χ2v) is 5.69. The third-order valence-electron chi connectivity index (χ3n) is 3.34. The quantitative estimate of drug-likeness (QED) is 0.667. The van der Waals surface area contributed by atoms with E-state index in [0.717, 1.165) is 11.1 Å². The van der Waals surface area contributed by atoms with Crippen molar-refractivity contribution in [3.05, 3.63) is 52.7 Å². The summed E-state index contributed by atoms with van der Waals surface area (Å²) in [5.74, 6) is 0. The molecule has 1 atom stereocenters. The largest absolute Gasteiger partial charge is 0.767 e. The molecular formula is C14H12N3O3S-. The second kappa shape index (κ2) is 4.94. The van der Waals surface area contributed by atoms with Crippen LogP contribution in [0.3, 0.4) is 0 Å². The van der Waals surface area contributed by atoms with Gasteiger partial charge in [0.15, 0.2) is 0 Å². The Hall–Kier alpha value is -2.25. The van der Waals surface area contributed by atoms with Crippen LogP contribution in [0.5, 0.6) is 0 Å². The molecule has 0 N–H and O–H groups in total. The van der Waals surface area contributed by atoms with Gasteiger partial charge in [-0.15, -0.1) is 0 Å². The fourth-order valence-electron chi connectivity index (χ4n) is 2.29. The Labute approximate surface area is 123 Å². The monoisotopic (exact) mass is 302 g/mol. The van der Waals surface area contributed by atoms with E-state index in [0.29, 0.717) is 11.2 Å². The highest BCUT2D eigenvalue weighted by atomic mass is 32.2. The number of aromatic nitrogens is 3. The average molecular weight is 302 g/mol. The minimum Gasteiger partial charge on any atom is -0.767 e. The lowest BCUT2D eigenvalue weighted by Crippen LogP contribution is -2.18. The average Bonchev–Trinajstić information content (AvgIpc) is 2.87. The van der Waals surface area contributed by atoms with Crippen LogP contribution in [-0.4, -0.2) is 22.7 Å². The molecular weight excluding hydrogens is 290 g/mol. The van der Waals surface area contributed by atoms with E-state index in [2.05, 4.69) is 4.98 Å². The number of rotatable bonds is 2. The van der Waals surface area contributed by atoms with Crippen LogP contribution in [-0.2, 0) is 18.1 Å². The molecule has 6 nitrogen and oxygen atoms in total. The highest BCUT2D eigenvalue weighted by Crippen LogP contribution is 2.21. The van der Waals surface area contributed by atoms with Crippen LogP contribution in [0.2, 0.25) is 0 Å². The lowest BCUT2D eigenvalue weighted by molar-refractivity contribution is 0.532. The molecule has 21 heavy (non-hydrogen) atoms. The molecule has 0 spiro atoms. The molecule has 1 unspecified atom stereocenters. The van der Waals surface area contributed by atoms with Crippen molar-refractivity contribution in [2.75, 3.05) is 0 Å². The minimum absolute atomic E-state index is 0.0520. The van der Waals surface area contributed by atoms with Crippen molar-refractivity contribution in [2.45, 2.75) is 11.9 Å². The summed E-state index contributed by atoms with van der Waals surface area (Å²) in [6.45, 7) is 1.75. The first-order valence-corrected chi connectivity index (χ1v) is 7.29. The van der Waals surface area contributed by atoms with Crippen molar-refractivity contribution in [1.82, 2.24) is 14.0 Å². The van der Waals surface area contributed by atoms with E-state index < -0.39 is 11.1 Å². The SMILES string of the molecule is Cc1cc(-c2ccc3ncc(S(=O)[O-])n3c2)cn(C)c1=O. The first kappa shape index (κ1) is 13.7. The van der Waals surface area contributed by atoms with Crippen molar-refractivity contribution < 1.29 is 8.76 Å². The number of fused-ring (bicyclic) bond motifs is 1. The van der Waals surface area contributed by atoms with Crippen LogP contribution < -0.4 is 5.56 Å². The topological polar surface area (TPSA) is 79.4 Å². The van der Waals surface area contributed by atoms with Crippen LogP contribution >= 0.6 is 0 Å². The summed E-state index contributed by atoms with van der Waals surface area (Å²) in [6.07, 6.45) is 4.74. The van der Waals surface area contributed by atoms with Gasteiger partial charge in [-0.3, -0.25) is 13.4 Å². The number of pyridine rings is 2. The van der Waals surface area contributed by atoms with Gasteiger partial charge in [0.05, 0.1) is 6.20 Å². The van der Waals surface area contributed by atoms with Crippen molar-refractivity contribution in [2.24, 2.45) is 7.05 Å². The summed E-state index contributed by atoms with van der Waals surface area (Å²) in [6, 6.07) is 5.37. The molecule has 0 aliphatic rings. The number of hydrogen-bond donors (Lipinski definition) is 0. The second-order valence-electron chi connectivity index (χ2n) is 4.80. The van der Waals surface area contributed by atoms with Gasteiger partial charge in [-0.05, 0) is 47.3 Å². The summed E-state index contributed by atoms with van der Waals surface area (Å²) in [5.41, 5.74) is 2.79. The zero-order valence-electron chi connectivity index (χ0n) is 11.4. The number of imidazole rings is 1. The van der Waals surface area contributed by atoms with Crippen molar-refractivity contribution in [1.29, 1.82) is 0 Å². The number of aryl methyl sites for hydroxylation is 2. The Balaban J connectivity index is 2.23. The van der Waals surface area contributed by atoms with Crippen LogP contribution in [0.25, 0.3) is 16.8 Å². The maximum atomic E-state index is 11.7. The van der Waals surface area contributed by atoms with Crippen molar-refractivity contribution in [3.63, 3.8) is 0 Å². The van der Waals surface area contributed by atoms with Crippen LogP contribution in [0.4, 0.5) is 0 Å². The Morgan fingerprint density at radius 1 is 1.24 bits per heavy atom. The fourth-order valence-corrected chi connectivity index (χ4v) is 2.73. The molecule has 108 valence electrons. The molecule has 0 bridgehead atoms. The van der Waals surface area contributed by atoms with Gasteiger partial charge in [0, 0.05) is 25.0 Å². The van der Waals surface area contributed by atoms with Gasteiger partial charge >= 0.3 is 0 Å². The third kappa shape index (κ3) is 2.30. The van der Waals surface area contributed by atoms with E-state index in [1.807, 2.05) is 6.07 Å². The van der Waals surface area contributed by atoms with Gasteiger partial charge in [0.25, 0.3) is 5.56 Å². The van der Waals surface area contributed by atoms with E-state index in [1.165, 1.54) is 15.2 Å². The normalized spacial score (nSPS) is 12.7. The summed E-state index contributed by atoms with van der Waals surface area (Å²) < 4.78 is 25.4. The van der Waals surface area contributed by atoms with E-state index in [1.54, 1.807) is 38.5 Å². The molecule has 3 aromatic rings. The molecule has 0 saturated heterocycles. The zero-order valence-corrected chi connectivity index (χ0v) is 12.3. The lowest BCUT2D eigenvalue weighted by atomic mass is 10.1. The third-order valence-corrected chi connectivity index (χ3v) is 3.98. The molecule has 0 radical (unpaired) electrons. The van der Waals surface area contributed by atoms with Gasteiger partial charge in [0.2, 0.25) is 0 Å². The molecule has 3 rings (SSSR count). The van der Waals surface area contributed by atoms with E-state index in [-0.39, 0.29) is 10.6 Å². The van der Waals surface area contributed by atoms with Gasteiger partial charge in [0.1, 0.15) is 10.7 Å². The number of hydrogen-bond acceptors (Lipinski definition) is 4. The van der Waals surface area contributed by atoms with Crippen LogP contribution in [0.1, 0.15) is 5.56 Å². The Morgan fingerprint density at radius 3 is 2.67 bits per heavy atom. The number of nitrogens with zero attached hydrogens (tertiary/aromatic N) is 3. The minimum atomic E-state index is -2.35. The van der Waals surface area contributed by atoms with E-state index >= 15 is 0 Å². The van der Waals surface area contributed by atoms with Crippen LogP contribution in [0, 0.1) is 6.92 Å². The lowest BCUT2D eigenvalue weighted by Gasteiger charge is -2.09. The Bertz CT molecular complexity index is 901. The smallest absolute Gasteiger partial charge is 0.253 e. The van der Waals surface area contributed by atoms with Gasteiger partial charge < -0.3 is 9.12 Å². The maximum absolute atomic E-state index is 11.7. The molecule has 3 heterocycles.